The lowest BCUT2D eigenvalue weighted by molar-refractivity contribution is -0.197. The second-order valence-electron chi connectivity index (χ2n) is 11.6. The van der Waals surface area contributed by atoms with Crippen molar-refractivity contribution >= 4 is 58.3 Å². The molecule has 1 atom stereocenters. The first-order chi connectivity index (χ1) is 23.9. The predicted octanol–water partition coefficient (Wildman–Crippen LogP) is 3.71. The monoisotopic (exact) mass is 703 g/mol. The molecule has 2 aromatic carbocycles. The van der Waals surface area contributed by atoms with Gasteiger partial charge in [0.05, 0.1) is 17.7 Å². The van der Waals surface area contributed by atoms with E-state index in [2.05, 4.69) is 10.6 Å². The molecule has 1 aliphatic carbocycles. The second-order valence-corrected chi connectivity index (χ2v) is 12.7. The summed E-state index contributed by atoms with van der Waals surface area (Å²) >= 11 is 1.20. The van der Waals surface area contributed by atoms with E-state index >= 15 is 0 Å². The van der Waals surface area contributed by atoms with Gasteiger partial charge in [0.15, 0.2) is 5.43 Å². The Morgan fingerprint density at radius 2 is 1.72 bits per heavy atom. The van der Waals surface area contributed by atoms with Crippen molar-refractivity contribution in [1.29, 1.82) is 0 Å². The first kappa shape index (κ1) is 35.6. The third-order valence-electron chi connectivity index (χ3n) is 7.85. The number of carbonyl (C=O) groups excluding carboxylic acids is 5. The van der Waals surface area contributed by atoms with E-state index in [1.54, 1.807) is 19.1 Å². The number of hydrogen-bond acceptors (Lipinski definition) is 11. The van der Waals surface area contributed by atoms with E-state index in [1.807, 2.05) is 0 Å². The molecule has 50 heavy (non-hydrogen) atoms. The molecule has 0 aromatic heterocycles. The van der Waals surface area contributed by atoms with Crippen LogP contribution in [0.1, 0.15) is 59.7 Å². The molecular formula is C35H33N3O11S. The zero-order chi connectivity index (χ0) is 35.9. The lowest BCUT2D eigenvalue weighted by Gasteiger charge is -2.18. The third kappa shape index (κ3) is 8.47. The molecule has 2 aliphatic heterocycles. The molecule has 2 heterocycles. The quantitative estimate of drug-likeness (QED) is 0.0842. The number of benzene rings is 3. The first-order valence-corrected chi connectivity index (χ1v) is 16.9. The molecule has 0 radical (unpaired) electrons. The van der Waals surface area contributed by atoms with Crippen molar-refractivity contribution in [2.75, 3.05) is 18.1 Å². The van der Waals surface area contributed by atoms with Crippen LogP contribution in [0.4, 0.5) is 0 Å². The molecule has 4 N–H and O–H groups in total. The zero-order valence-electron chi connectivity index (χ0n) is 26.9. The van der Waals surface area contributed by atoms with Gasteiger partial charge in [-0.25, -0.2) is 9.59 Å². The average Bonchev–Trinajstić information content (AvgIpc) is 3.39. The summed E-state index contributed by atoms with van der Waals surface area (Å²) in [5.41, 5.74) is 1.16. The Hall–Kier alpha value is -5.70. The minimum atomic E-state index is -1.27. The number of fused-ring (bicyclic) bond motifs is 2. The van der Waals surface area contributed by atoms with Gasteiger partial charge in [-0.1, -0.05) is 6.07 Å². The molecule has 14 nitrogen and oxygen atoms in total. The Morgan fingerprint density at radius 3 is 2.46 bits per heavy atom. The number of carboxylic acid groups (broad SMARTS) is 1. The number of rotatable bonds is 14. The van der Waals surface area contributed by atoms with Crippen LogP contribution in [-0.4, -0.2) is 74.9 Å². The Morgan fingerprint density at radius 1 is 0.980 bits per heavy atom. The Bertz CT molecular complexity index is 2010. The lowest BCUT2D eigenvalue weighted by atomic mass is 9.90. The van der Waals surface area contributed by atoms with Gasteiger partial charge in [0.25, 0.3) is 17.7 Å². The molecule has 1 saturated heterocycles. The Labute approximate surface area is 289 Å². The lowest BCUT2D eigenvalue weighted by Crippen LogP contribution is -2.34. The molecule has 0 bridgehead atoms. The van der Waals surface area contributed by atoms with Crippen LogP contribution in [0.5, 0.6) is 5.75 Å². The summed E-state index contributed by atoms with van der Waals surface area (Å²) < 4.78 is 5.85. The fourth-order valence-electron chi connectivity index (χ4n) is 5.42. The summed E-state index contributed by atoms with van der Waals surface area (Å²) in [5, 5.41) is 26.8. The molecular weight excluding hydrogens is 670 g/mol. The third-order valence-corrected chi connectivity index (χ3v) is 8.81. The van der Waals surface area contributed by atoms with E-state index in [4.69, 9.17) is 9.25 Å². The number of amides is 4. The van der Waals surface area contributed by atoms with E-state index in [9.17, 15) is 43.8 Å². The van der Waals surface area contributed by atoms with Crippen LogP contribution in [0.15, 0.2) is 63.8 Å². The van der Waals surface area contributed by atoms with E-state index in [1.165, 1.54) is 54.2 Å². The fraction of sp³-hybridized carbons (Fsp3) is 0.286. The summed E-state index contributed by atoms with van der Waals surface area (Å²) in [6.45, 7) is 2.13. The van der Waals surface area contributed by atoms with Crippen LogP contribution < -0.4 is 16.1 Å². The fourth-order valence-corrected chi connectivity index (χ4v) is 6.16. The van der Waals surface area contributed by atoms with Gasteiger partial charge in [0.2, 0.25) is 5.91 Å². The van der Waals surface area contributed by atoms with Crippen LogP contribution >= 0.6 is 11.8 Å². The average molecular weight is 704 g/mol. The first-order valence-electron chi connectivity index (χ1n) is 15.7. The van der Waals surface area contributed by atoms with Crippen molar-refractivity contribution in [2.45, 2.75) is 45.1 Å². The van der Waals surface area contributed by atoms with Gasteiger partial charge in [-0.2, -0.15) is 11.8 Å². The van der Waals surface area contributed by atoms with Crippen molar-refractivity contribution < 1.29 is 48.2 Å². The second kappa shape index (κ2) is 15.7. The van der Waals surface area contributed by atoms with Crippen LogP contribution in [0.2, 0.25) is 0 Å². The topological polar surface area (TPSA) is 210 Å². The van der Waals surface area contributed by atoms with Gasteiger partial charge >= 0.3 is 11.9 Å². The van der Waals surface area contributed by atoms with E-state index in [0.717, 1.165) is 0 Å². The number of carbonyl (C=O) groups is 6. The Balaban J connectivity index is 1.13. The van der Waals surface area contributed by atoms with Gasteiger partial charge in [-0.3, -0.25) is 24.0 Å². The molecule has 260 valence electrons. The summed E-state index contributed by atoms with van der Waals surface area (Å²) in [6.07, 6.45) is 1.01. The number of aromatic hydroxyl groups is 1. The molecule has 0 spiro atoms. The largest absolute Gasteiger partial charge is 0.508 e. The van der Waals surface area contributed by atoms with Crippen molar-refractivity contribution in [1.82, 2.24) is 15.7 Å². The van der Waals surface area contributed by atoms with E-state index < -0.39 is 29.7 Å². The van der Waals surface area contributed by atoms with Gasteiger partial charge in [0.1, 0.15) is 17.1 Å². The van der Waals surface area contributed by atoms with E-state index in [0.29, 0.717) is 46.5 Å². The number of aromatic carboxylic acids is 1. The summed E-state index contributed by atoms with van der Waals surface area (Å²) in [5.74, 6) is -3.35. The van der Waals surface area contributed by atoms with E-state index in [-0.39, 0.29) is 76.4 Å². The predicted molar refractivity (Wildman–Crippen MR) is 181 cm³/mol. The summed E-state index contributed by atoms with van der Waals surface area (Å²) in [4.78, 5) is 89.5. The van der Waals surface area contributed by atoms with Crippen molar-refractivity contribution in [3.8, 4) is 28.2 Å². The van der Waals surface area contributed by atoms with Crippen LogP contribution in [-0.2, 0) is 24.0 Å². The highest BCUT2D eigenvalue weighted by Gasteiger charge is 2.32. The molecule has 3 aliphatic rings. The van der Waals surface area contributed by atoms with Gasteiger partial charge in [-0.05, 0) is 61.7 Å². The number of phenols is 1. The van der Waals surface area contributed by atoms with Gasteiger partial charge < -0.3 is 30.1 Å². The number of nitrogens with zero attached hydrogens (tertiary/aromatic N) is 1. The highest BCUT2D eigenvalue weighted by atomic mass is 32.2. The maximum atomic E-state index is 13.1. The maximum Gasteiger partial charge on any atom is 0.336 e. The standard InChI is InChI=1S/C35H33N3O11S/c1-19(3-2-13-36-29(41)18-50-14-12-32(44)49-38-30(42)10-11-31(38)43)37-34(45)20-4-7-23(26(15-20)35(46)47)33-24-8-5-21(39)16-27(24)48-28-17-22(40)6-9-25(28)33/h4-9,15-17,19,39H,2-3,10-14,18H2,1H3,(H,36,41)(H,37,45)(H,46,47). The number of carboxylic acids is 1. The van der Waals surface area contributed by atoms with Crippen LogP contribution in [0, 0.1) is 0 Å². The van der Waals surface area contributed by atoms with Crippen LogP contribution in [0.3, 0.4) is 0 Å². The highest BCUT2D eigenvalue weighted by Crippen LogP contribution is 2.42. The molecule has 1 fully saturated rings. The smallest absolute Gasteiger partial charge is 0.336 e. The number of nitrogens with one attached hydrogen (secondary N) is 2. The molecule has 15 heteroatoms. The normalized spacial score (nSPS) is 13.4. The maximum absolute atomic E-state index is 13.1. The molecule has 1 unspecified atom stereocenters. The number of phenolic OH excluding ortho intramolecular Hbond substituents is 1. The molecule has 5 rings (SSSR count). The minimum Gasteiger partial charge on any atom is -0.508 e. The molecule has 4 amide bonds. The van der Waals surface area contributed by atoms with Crippen molar-refractivity contribution in [2.24, 2.45) is 0 Å². The molecule has 0 saturated carbocycles. The van der Waals surface area contributed by atoms with Gasteiger partial charge in [0, 0.05) is 65.4 Å². The number of hydrogen-bond donors (Lipinski definition) is 4. The SMILES string of the molecule is CC(CCCNC(=O)CSCCC(=O)ON1C(=O)CCC1=O)NC(=O)c1ccc(-c2c3ccc(=O)cc-3oc3cc(O)ccc23)c(C(=O)O)c1. The van der Waals surface area contributed by atoms with Crippen molar-refractivity contribution in [3.63, 3.8) is 0 Å². The number of imide groups is 1. The van der Waals surface area contributed by atoms with Crippen molar-refractivity contribution in [3.05, 3.63) is 75.9 Å². The summed E-state index contributed by atoms with van der Waals surface area (Å²) in [6, 6.07) is 12.6. The minimum absolute atomic E-state index is 0.0114. The Kier molecular flexibility index (Phi) is 11.2. The van der Waals surface area contributed by atoms with Gasteiger partial charge in [-0.15, -0.1) is 5.06 Å². The highest BCUT2D eigenvalue weighted by molar-refractivity contribution is 7.99. The van der Waals surface area contributed by atoms with Crippen LogP contribution in [0.25, 0.3) is 33.4 Å². The number of thioether (sulfide) groups is 1. The zero-order valence-corrected chi connectivity index (χ0v) is 27.7. The summed E-state index contributed by atoms with van der Waals surface area (Å²) in [7, 11) is 0. The molecule has 2 aromatic rings. The number of hydroxylamine groups is 2.